The van der Waals surface area contributed by atoms with Gasteiger partial charge in [0.15, 0.2) is 0 Å². The molecule has 0 atom stereocenters. The van der Waals surface area contributed by atoms with Gasteiger partial charge < -0.3 is 4.74 Å². The summed E-state index contributed by atoms with van der Waals surface area (Å²) in [5.74, 6) is 0. The molecule has 2 aliphatic rings. The van der Waals surface area contributed by atoms with Crippen LogP contribution in [0.4, 0.5) is 0 Å². The maximum atomic E-state index is 5.49. The first-order chi connectivity index (χ1) is 7.36. The van der Waals surface area contributed by atoms with E-state index in [0.29, 0.717) is 0 Å². The molecular formula is C14H16O. The van der Waals surface area contributed by atoms with Gasteiger partial charge in [0.05, 0.1) is 13.2 Å². The van der Waals surface area contributed by atoms with Crippen LogP contribution in [0, 0.1) is 0 Å². The van der Waals surface area contributed by atoms with E-state index in [9.17, 15) is 0 Å². The van der Waals surface area contributed by atoms with Gasteiger partial charge in [0.2, 0.25) is 0 Å². The second-order valence-electron chi connectivity index (χ2n) is 4.49. The van der Waals surface area contributed by atoms with E-state index in [1.165, 1.54) is 36.0 Å². The first-order valence-corrected chi connectivity index (χ1v) is 5.76. The van der Waals surface area contributed by atoms with E-state index < -0.39 is 0 Å². The van der Waals surface area contributed by atoms with Crippen LogP contribution in [0.5, 0.6) is 0 Å². The topological polar surface area (TPSA) is 9.23 Å². The van der Waals surface area contributed by atoms with Gasteiger partial charge in [0.1, 0.15) is 0 Å². The minimum atomic E-state index is 0.801. The summed E-state index contributed by atoms with van der Waals surface area (Å²) in [5.41, 5.74) is 7.26. The monoisotopic (exact) mass is 200 g/mol. The maximum absolute atomic E-state index is 5.49. The molecule has 15 heavy (non-hydrogen) atoms. The minimum absolute atomic E-state index is 0.801. The van der Waals surface area contributed by atoms with E-state index in [1.807, 2.05) is 0 Å². The van der Waals surface area contributed by atoms with Crippen molar-refractivity contribution in [3.8, 4) is 0 Å². The zero-order chi connectivity index (χ0) is 10.3. The third-order valence-electron chi connectivity index (χ3n) is 3.57. The van der Waals surface area contributed by atoms with Crippen LogP contribution in [-0.2, 0) is 24.2 Å². The molecule has 0 aromatic heterocycles. The molecule has 0 amide bonds. The molecule has 0 unspecified atom stereocenters. The summed E-state index contributed by atoms with van der Waals surface area (Å²) in [7, 11) is 0. The van der Waals surface area contributed by atoms with Gasteiger partial charge in [-0.05, 0) is 53.5 Å². The Morgan fingerprint density at radius 3 is 2.93 bits per heavy atom. The lowest BCUT2D eigenvalue weighted by Gasteiger charge is -2.26. The number of allylic oxidation sites excluding steroid dienone is 1. The summed E-state index contributed by atoms with van der Waals surface area (Å²) >= 11 is 0. The molecule has 1 heteroatoms. The number of benzene rings is 1. The van der Waals surface area contributed by atoms with Crippen molar-refractivity contribution in [1.82, 2.24) is 0 Å². The Bertz CT molecular complexity index is 418. The molecule has 3 rings (SSSR count). The molecule has 0 N–H and O–H groups in total. The van der Waals surface area contributed by atoms with Crippen LogP contribution >= 0.6 is 0 Å². The smallest absolute Gasteiger partial charge is 0.0719 e. The molecule has 0 bridgehead atoms. The molecule has 0 spiro atoms. The Labute approximate surface area is 90.8 Å². The van der Waals surface area contributed by atoms with Crippen LogP contribution in [0.25, 0.3) is 5.57 Å². The number of hydrogen-bond donors (Lipinski definition) is 0. The van der Waals surface area contributed by atoms with Gasteiger partial charge in [-0.3, -0.25) is 0 Å². The fourth-order valence-corrected chi connectivity index (χ4v) is 2.77. The highest BCUT2D eigenvalue weighted by Crippen LogP contribution is 2.34. The van der Waals surface area contributed by atoms with E-state index >= 15 is 0 Å². The quantitative estimate of drug-likeness (QED) is 0.625. The van der Waals surface area contributed by atoms with Crippen molar-refractivity contribution < 1.29 is 4.74 Å². The minimum Gasteiger partial charge on any atom is -0.376 e. The third kappa shape index (κ3) is 1.42. The van der Waals surface area contributed by atoms with Crippen molar-refractivity contribution in [2.24, 2.45) is 0 Å². The summed E-state index contributed by atoms with van der Waals surface area (Å²) in [6.07, 6.45) is 4.76. The highest BCUT2D eigenvalue weighted by molar-refractivity contribution is 5.70. The Hall–Kier alpha value is -1.08. The molecule has 1 aliphatic carbocycles. The molecule has 1 nitrogen and oxygen atoms in total. The van der Waals surface area contributed by atoms with Gasteiger partial charge in [-0.2, -0.15) is 0 Å². The summed E-state index contributed by atoms with van der Waals surface area (Å²) in [4.78, 5) is 0. The van der Waals surface area contributed by atoms with Gasteiger partial charge in [-0.1, -0.05) is 18.7 Å². The molecule has 0 fully saturated rings. The number of rotatable bonds is 0. The molecule has 1 aromatic rings. The van der Waals surface area contributed by atoms with Crippen molar-refractivity contribution in [2.45, 2.75) is 32.3 Å². The lowest BCUT2D eigenvalue weighted by atomic mass is 9.82. The second kappa shape index (κ2) is 3.49. The highest BCUT2D eigenvalue weighted by atomic mass is 16.5. The van der Waals surface area contributed by atoms with Crippen LogP contribution in [0.1, 0.15) is 35.1 Å². The van der Waals surface area contributed by atoms with Crippen molar-refractivity contribution in [1.29, 1.82) is 0 Å². The zero-order valence-electron chi connectivity index (χ0n) is 9.01. The largest absolute Gasteiger partial charge is 0.376 e. The SMILES string of the molecule is C=C1CCCc2c1ccc1c2CCOC1. The average Bonchev–Trinajstić information content (AvgIpc) is 2.29. The zero-order valence-corrected chi connectivity index (χ0v) is 9.01. The van der Waals surface area contributed by atoms with Crippen molar-refractivity contribution in [3.05, 3.63) is 41.0 Å². The second-order valence-corrected chi connectivity index (χ2v) is 4.49. The van der Waals surface area contributed by atoms with E-state index in [-0.39, 0.29) is 0 Å². The summed E-state index contributed by atoms with van der Waals surface area (Å²) < 4.78 is 5.49. The third-order valence-corrected chi connectivity index (χ3v) is 3.57. The average molecular weight is 200 g/mol. The molecule has 78 valence electrons. The number of fused-ring (bicyclic) bond motifs is 3. The Morgan fingerprint density at radius 1 is 1.07 bits per heavy atom. The molecular weight excluding hydrogens is 184 g/mol. The Morgan fingerprint density at radius 2 is 2.00 bits per heavy atom. The van der Waals surface area contributed by atoms with E-state index in [2.05, 4.69) is 18.7 Å². The number of hydrogen-bond acceptors (Lipinski definition) is 1. The van der Waals surface area contributed by atoms with Gasteiger partial charge in [0.25, 0.3) is 0 Å². The predicted octanol–water partition coefficient (Wildman–Crippen LogP) is 3.11. The van der Waals surface area contributed by atoms with Gasteiger partial charge in [-0.15, -0.1) is 0 Å². The standard InChI is InChI=1S/C14H16O/c1-10-3-2-4-14-12(10)6-5-11-9-15-8-7-13(11)14/h5-6H,1-4,7-9H2. The molecule has 0 saturated carbocycles. The maximum Gasteiger partial charge on any atom is 0.0719 e. The summed E-state index contributed by atoms with van der Waals surface area (Å²) in [5, 5.41) is 0. The van der Waals surface area contributed by atoms with E-state index in [1.54, 1.807) is 11.1 Å². The van der Waals surface area contributed by atoms with Crippen LogP contribution in [0.2, 0.25) is 0 Å². The van der Waals surface area contributed by atoms with Gasteiger partial charge in [0, 0.05) is 0 Å². The Kier molecular flexibility index (Phi) is 2.14. The van der Waals surface area contributed by atoms with Gasteiger partial charge >= 0.3 is 0 Å². The Balaban J connectivity index is 2.17. The number of ether oxygens (including phenoxy) is 1. The van der Waals surface area contributed by atoms with Crippen LogP contribution in [-0.4, -0.2) is 6.61 Å². The molecule has 1 aliphatic heterocycles. The fourth-order valence-electron chi connectivity index (χ4n) is 2.77. The highest BCUT2D eigenvalue weighted by Gasteiger charge is 2.20. The fraction of sp³-hybridized carbons (Fsp3) is 0.429. The first-order valence-electron chi connectivity index (χ1n) is 5.76. The van der Waals surface area contributed by atoms with Crippen LogP contribution in [0.15, 0.2) is 18.7 Å². The van der Waals surface area contributed by atoms with Crippen LogP contribution in [0.3, 0.4) is 0 Å². The lowest BCUT2D eigenvalue weighted by molar-refractivity contribution is 0.110. The summed E-state index contributed by atoms with van der Waals surface area (Å²) in [6, 6.07) is 4.47. The molecule has 0 radical (unpaired) electrons. The molecule has 1 heterocycles. The predicted molar refractivity (Wildman–Crippen MR) is 61.8 cm³/mol. The van der Waals surface area contributed by atoms with Crippen molar-refractivity contribution in [3.63, 3.8) is 0 Å². The molecule has 1 aromatic carbocycles. The first kappa shape index (κ1) is 9.17. The molecule has 0 saturated heterocycles. The van der Waals surface area contributed by atoms with Crippen LogP contribution < -0.4 is 0 Å². The van der Waals surface area contributed by atoms with Crippen molar-refractivity contribution in [2.75, 3.05) is 6.61 Å². The van der Waals surface area contributed by atoms with Gasteiger partial charge in [-0.25, -0.2) is 0 Å². The van der Waals surface area contributed by atoms with E-state index in [0.717, 1.165) is 19.6 Å². The normalized spacial score (nSPS) is 19.6. The van der Waals surface area contributed by atoms with E-state index in [4.69, 9.17) is 4.74 Å². The lowest BCUT2D eigenvalue weighted by Crippen LogP contribution is -2.15. The summed E-state index contributed by atoms with van der Waals surface area (Å²) in [6.45, 7) is 5.86. The van der Waals surface area contributed by atoms with Crippen molar-refractivity contribution >= 4 is 5.57 Å².